The molecule has 2 aromatic carbocycles. The second kappa shape index (κ2) is 9.80. The number of carbonyl (C=O) groups is 1. The number of halogens is 1. The summed E-state index contributed by atoms with van der Waals surface area (Å²) < 4.78 is 5.16. The number of nitrogens with one attached hydrogen (secondary N) is 1. The molecule has 0 aliphatic carbocycles. The molecule has 128 valence electrons. The number of carbonyl (C=O) groups excluding carboxylic acids is 1. The fraction of sp³-hybridized carbons (Fsp3) is 0.278. The number of ether oxygens (including phenoxy) is 1. The molecule has 5 nitrogen and oxygen atoms in total. The predicted molar refractivity (Wildman–Crippen MR) is 95.4 cm³/mol. The largest absolute Gasteiger partial charge is 0.445 e. The second-order valence-corrected chi connectivity index (χ2v) is 5.61. The minimum Gasteiger partial charge on any atom is -0.445 e. The molecule has 0 bridgehead atoms. The zero-order chi connectivity index (χ0) is 17.2. The van der Waals surface area contributed by atoms with E-state index in [4.69, 9.17) is 16.3 Å². The van der Waals surface area contributed by atoms with E-state index in [0.29, 0.717) is 24.7 Å². The number of hydrogen-bond acceptors (Lipinski definition) is 4. The standard InChI is InChI=1S/C18H21ClN2O3/c19-16-6-8-17(9-7-16)21(12-13-22)11-10-20-18(23)24-14-15-4-2-1-3-5-15/h1-9,22H,10-14H2,(H,20,23). The molecule has 1 amide bonds. The van der Waals surface area contributed by atoms with E-state index in [2.05, 4.69) is 5.32 Å². The normalized spacial score (nSPS) is 10.2. The van der Waals surface area contributed by atoms with Crippen molar-refractivity contribution in [2.45, 2.75) is 6.61 Å². The van der Waals surface area contributed by atoms with Gasteiger partial charge in [0.15, 0.2) is 0 Å². The van der Waals surface area contributed by atoms with Gasteiger partial charge in [0.25, 0.3) is 0 Å². The van der Waals surface area contributed by atoms with Gasteiger partial charge in [-0.05, 0) is 29.8 Å². The summed E-state index contributed by atoms with van der Waals surface area (Å²) in [6.45, 7) is 1.71. The fourth-order valence-corrected chi connectivity index (χ4v) is 2.34. The van der Waals surface area contributed by atoms with E-state index in [1.165, 1.54) is 0 Å². The Morgan fingerprint density at radius 1 is 1.08 bits per heavy atom. The van der Waals surface area contributed by atoms with E-state index >= 15 is 0 Å². The lowest BCUT2D eigenvalue weighted by Crippen LogP contribution is -2.36. The second-order valence-electron chi connectivity index (χ2n) is 5.18. The zero-order valence-electron chi connectivity index (χ0n) is 13.3. The molecule has 0 saturated carbocycles. The minimum atomic E-state index is -0.459. The number of amides is 1. The van der Waals surface area contributed by atoms with Crippen LogP contribution in [0.3, 0.4) is 0 Å². The van der Waals surface area contributed by atoms with Crippen LogP contribution in [0.25, 0.3) is 0 Å². The smallest absolute Gasteiger partial charge is 0.407 e. The molecule has 6 heteroatoms. The van der Waals surface area contributed by atoms with Crippen molar-refractivity contribution in [3.05, 3.63) is 65.2 Å². The lowest BCUT2D eigenvalue weighted by molar-refractivity contribution is 0.140. The maximum absolute atomic E-state index is 11.7. The van der Waals surface area contributed by atoms with Crippen molar-refractivity contribution in [3.8, 4) is 0 Å². The van der Waals surface area contributed by atoms with Crippen LogP contribution in [0.1, 0.15) is 5.56 Å². The van der Waals surface area contributed by atoms with Crippen molar-refractivity contribution in [1.82, 2.24) is 5.32 Å². The van der Waals surface area contributed by atoms with Gasteiger partial charge < -0.3 is 20.1 Å². The van der Waals surface area contributed by atoms with E-state index in [0.717, 1.165) is 11.3 Å². The van der Waals surface area contributed by atoms with Crippen molar-refractivity contribution in [1.29, 1.82) is 0 Å². The molecule has 0 unspecified atom stereocenters. The number of rotatable bonds is 8. The van der Waals surface area contributed by atoms with Crippen molar-refractivity contribution in [3.63, 3.8) is 0 Å². The summed E-state index contributed by atoms with van der Waals surface area (Å²) in [7, 11) is 0. The summed E-state index contributed by atoms with van der Waals surface area (Å²) in [5.74, 6) is 0. The summed E-state index contributed by atoms with van der Waals surface area (Å²) in [6.07, 6.45) is -0.459. The molecular formula is C18H21ClN2O3. The van der Waals surface area contributed by atoms with Crippen LogP contribution in [0, 0.1) is 0 Å². The van der Waals surface area contributed by atoms with Crippen LogP contribution >= 0.6 is 11.6 Å². The van der Waals surface area contributed by atoms with Crippen LogP contribution in [0.15, 0.2) is 54.6 Å². The molecule has 0 saturated heterocycles. The molecule has 24 heavy (non-hydrogen) atoms. The first-order valence-corrected chi connectivity index (χ1v) is 8.13. The summed E-state index contributed by atoms with van der Waals surface area (Å²) in [5, 5.41) is 12.6. The molecule has 0 aliphatic heterocycles. The number of anilines is 1. The van der Waals surface area contributed by atoms with E-state index in [-0.39, 0.29) is 13.2 Å². The minimum absolute atomic E-state index is 0.0288. The first kappa shape index (κ1) is 18.1. The van der Waals surface area contributed by atoms with E-state index < -0.39 is 6.09 Å². The summed E-state index contributed by atoms with van der Waals surface area (Å²) in [6, 6.07) is 16.9. The number of aliphatic hydroxyl groups excluding tert-OH is 1. The Morgan fingerprint density at radius 3 is 2.46 bits per heavy atom. The lowest BCUT2D eigenvalue weighted by Gasteiger charge is -2.24. The third-order valence-electron chi connectivity index (χ3n) is 3.43. The quantitative estimate of drug-likeness (QED) is 0.769. The Morgan fingerprint density at radius 2 is 1.79 bits per heavy atom. The van der Waals surface area contributed by atoms with Crippen LogP contribution in [0.2, 0.25) is 5.02 Å². The van der Waals surface area contributed by atoms with Gasteiger partial charge >= 0.3 is 6.09 Å². The SMILES string of the molecule is O=C(NCCN(CCO)c1ccc(Cl)cc1)OCc1ccccc1. The summed E-state index contributed by atoms with van der Waals surface area (Å²) >= 11 is 5.88. The van der Waals surface area contributed by atoms with Crippen LogP contribution < -0.4 is 10.2 Å². The highest BCUT2D eigenvalue weighted by molar-refractivity contribution is 6.30. The first-order chi connectivity index (χ1) is 11.7. The number of alkyl carbamates (subject to hydrolysis) is 1. The van der Waals surface area contributed by atoms with Gasteiger partial charge in [0.2, 0.25) is 0 Å². The molecule has 2 aromatic rings. The third-order valence-corrected chi connectivity index (χ3v) is 3.68. The molecular weight excluding hydrogens is 328 g/mol. The van der Waals surface area contributed by atoms with Crippen molar-refractivity contribution in [2.24, 2.45) is 0 Å². The zero-order valence-corrected chi connectivity index (χ0v) is 14.1. The first-order valence-electron chi connectivity index (χ1n) is 7.75. The van der Waals surface area contributed by atoms with E-state index in [1.54, 1.807) is 12.1 Å². The molecule has 2 rings (SSSR count). The predicted octanol–water partition coefficient (Wildman–Crippen LogP) is 3.07. The molecule has 0 atom stereocenters. The highest BCUT2D eigenvalue weighted by Gasteiger charge is 2.07. The van der Waals surface area contributed by atoms with Crippen LogP contribution in [-0.4, -0.2) is 37.4 Å². The van der Waals surface area contributed by atoms with Crippen molar-refractivity contribution in [2.75, 3.05) is 31.1 Å². The average Bonchev–Trinajstić information content (AvgIpc) is 2.61. The van der Waals surface area contributed by atoms with Gasteiger partial charge in [-0.1, -0.05) is 41.9 Å². The Kier molecular flexibility index (Phi) is 7.39. The van der Waals surface area contributed by atoms with Crippen molar-refractivity contribution < 1.29 is 14.6 Å². The maximum atomic E-state index is 11.7. The van der Waals surface area contributed by atoms with Gasteiger partial charge in [-0.15, -0.1) is 0 Å². The third kappa shape index (κ3) is 6.10. The molecule has 0 radical (unpaired) electrons. The van der Waals surface area contributed by atoms with Crippen LogP contribution in [0.4, 0.5) is 10.5 Å². The van der Waals surface area contributed by atoms with Gasteiger partial charge in [0.1, 0.15) is 6.61 Å². The summed E-state index contributed by atoms with van der Waals surface area (Å²) in [4.78, 5) is 13.7. The Labute approximate surface area is 146 Å². The highest BCUT2D eigenvalue weighted by Crippen LogP contribution is 2.17. The lowest BCUT2D eigenvalue weighted by atomic mass is 10.2. The van der Waals surface area contributed by atoms with E-state index in [9.17, 15) is 9.90 Å². The van der Waals surface area contributed by atoms with Gasteiger partial charge in [0.05, 0.1) is 6.61 Å². The Bertz CT molecular complexity index is 620. The molecule has 0 aromatic heterocycles. The van der Waals surface area contributed by atoms with Crippen LogP contribution in [0.5, 0.6) is 0 Å². The van der Waals surface area contributed by atoms with Crippen LogP contribution in [-0.2, 0) is 11.3 Å². The van der Waals surface area contributed by atoms with Gasteiger partial charge in [-0.25, -0.2) is 4.79 Å². The monoisotopic (exact) mass is 348 g/mol. The highest BCUT2D eigenvalue weighted by atomic mass is 35.5. The van der Waals surface area contributed by atoms with Gasteiger partial charge in [0, 0.05) is 30.3 Å². The number of hydrogen-bond donors (Lipinski definition) is 2. The molecule has 2 N–H and O–H groups in total. The molecule has 0 spiro atoms. The van der Waals surface area contributed by atoms with E-state index in [1.807, 2.05) is 47.4 Å². The summed E-state index contributed by atoms with van der Waals surface area (Å²) in [5.41, 5.74) is 1.88. The van der Waals surface area contributed by atoms with Gasteiger partial charge in [-0.3, -0.25) is 0 Å². The average molecular weight is 349 g/mol. The topological polar surface area (TPSA) is 61.8 Å². The number of nitrogens with zero attached hydrogens (tertiary/aromatic N) is 1. The Hall–Kier alpha value is -2.24. The van der Waals surface area contributed by atoms with Gasteiger partial charge in [-0.2, -0.15) is 0 Å². The molecule has 0 fully saturated rings. The maximum Gasteiger partial charge on any atom is 0.407 e. The number of aliphatic hydroxyl groups is 1. The fourth-order valence-electron chi connectivity index (χ4n) is 2.21. The molecule has 0 aliphatic rings. The van der Waals surface area contributed by atoms with Crippen molar-refractivity contribution >= 4 is 23.4 Å². The number of benzene rings is 2. The Balaban J connectivity index is 1.75. The molecule has 0 heterocycles.